The van der Waals surface area contributed by atoms with Crippen LogP contribution in [-0.2, 0) is 16.6 Å². The Bertz CT molecular complexity index is 508. The lowest BCUT2D eigenvalue weighted by Gasteiger charge is -2.31. The van der Waals surface area contributed by atoms with Crippen molar-refractivity contribution >= 4 is 26.0 Å². The number of likely N-dealkylation sites (tertiary alicyclic amines) is 1. The molecule has 1 N–H and O–H groups in total. The molecule has 0 atom stereocenters. The monoisotopic (exact) mass is 346 g/mol. The summed E-state index contributed by atoms with van der Waals surface area (Å²) in [5, 5.41) is 0. The third-order valence-corrected chi connectivity index (χ3v) is 4.58. The molecule has 6 heteroatoms. The highest BCUT2D eigenvalue weighted by molar-refractivity contribution is 9.10. The summed E-state index contributed by atoms with van der Waals surface area (Å²) in [5.74, 6) is 0. The first kappa shape index (κ1) is 15.0. The number of hydrogen-bond acceptors (Lipinski definition) is 3. The van der Waals surface area contributed by atoms with E-state index in [1.807, 2.05) is 12.1 Å². The molecule has 0 bridgehead atoms. The van der Waals surface area contributed by atoms with Crippen molar-refractivity contribution in [3.05, 3.63) is 34.3 Å². The third kappa shape index (κ3) is 5.22. The Morgan fingerprint density at radius 2 is 1.84 bits per heavy atom. The Balaban J connectivity index is 1.82. The maximum absolute atomic E-state index is 11.2. The second kappa shape index (κ2) is 6.35. The van der Waals surface area contributed by atoms with Crippen LogP contribution in [0.15, 0.2) is 28.7 Å². The molecule has 1 saturated heterocycles. The largest absolute Gasteiger partial charge is 0.299 e. The third-order valence-electron chi connectivity index (χ3n) is 3.29. The van der Waals surface area contributed by atoms with Gasteiger partial charge in [-0.05, 0) is 30.5 Å². The Morgan fingerprint density at radius 1 is 1.26 bits per heavy atom. The van der Waals surface area contributed by atoms with E-state index in [9.17, 15) is 8.42 Å². The van der Waals surface area contributed by atoms with Gasteiger partial charge in [0.2, 0.25) is 10.0 Å². The van der Waals surface area contributed by atoms with Crippen LogP contribution in [0.5, 0.6) is 0 Å². The van der Waals surface area contributed by atoms with E-state index in [-0.39, 0.29) is 6.04 Å². The number of sulfonamides is 1. The molecular formula is C13H19BrN2O2S. The number of nitrogens with zero attached hydrogens (tertiary/aromatic N) is 1. The molecule has 1 aliphatic heterocycles. The summed E-state index contributed by atoms with van der Waals surface area (Å²) in [5.41, 5.74) is 1.29. The van der Waals surface area contributed by atoms with E-state index in [0.717, 1.165) is 36.9 Å². The average Bonchev–Trinajstić information content (AvgIpc) is 2.33. The molecule has 0 aromatic heterocycles. The second-order valence-corrected chi connectivity index (χ2v) is 7.76. The highest BCUT2D eigenvalue weighted by atomic mass is 79.9. The number of nitrogens with one attached hydrogen (secondary N) is 1. The Morgan fingerprint density at radius 3 is 2.37 bits per heavy atom. The molecule has 1 heterocycles. The molecule has 0 spiro atoms. The van der Waals surface area contributed by atoms with Gasteiger partial charge in [0.15, 0.2) is 0 Å². The van der Waals surface area contributed by atoms with Crippen LogP contribution in [0, 0.1) is 0 Å². The van der Waals surface area contributed by atoms with Gasteiger partial charge in [-0.1, -0.05) is 28.1 Å². The summed E-state index contributed by atoms with van der Waals surface area (Å²) >= 11 is 3.43. The normalized spacial score (nSPS) is 18.6. The predicted molar refractivity (Wildman–Crippen MR) is 80.4 cm³/mol. The number of hydrogen-bond donors (Lipinski definition) is 1. The van der Waals surface area contributed by atoms with E-state index < -0.39 is 10.0 Å². The van der Waals surface area contributed by atoms with E-state index in [4.69, 9.17) is 0 Å². The number of benzene rings is 1. The molecule has 4 nitrogen and oxygen atoms in total. The summed E-state index contributed by atoms with van der Waals surface area (Å²) in [6.45, 7) is 2.80. The molecule has 1 aliphatic rings. The predicted octanol–water partition coefficient (Wildman–Crippen LogP) is 1.96. The molecule has 1 aromatic carbocycles. The van der Waals surface area contributed by atoms with Gasteiger partial charge >= 0.3 is 0 Å². The first-order valence-electron chi connectivity index (χ1n) is 6.36. The summed E-state index contributed by atoms with van der Waals surface area (Å²) in [6.07, 6.45) is 2.98. The van der Waals surface area contributed by atoms with Gasteiger partial charge in [-0.3, -0.25) is 4.90 Å². The fourth-order valence-corrected chi connectivity index (χ4v) is 3.47. The van der Waals surface area contributed by atoms with Gasteiger partial charge in [0.05, 0.1) is 6.26 Å². The Kier molecular flexibility index (Phi) is 5.00. The summed E-state index contributed by atoms with van der Waals surface area (Å²) in [6, 6.07) is 8.42. The van der Waals surface area contributed by atoms with Crippen molar-refractivity contribution in [2.45, 2.75) is 25.4 Å². The van der Waals surface area contributed by atoms with Crippen LogP contribution in [0.3, 0.4) is 0 Å². The molecular weight excluding hydrogens is 328 g/mol. The molecule has 0 unspecified atom stereocenters. The maximum atomic E-state index is 11.2. The average molecular weight is 347 g/mol. The van der Waals surface area contributed by atoms with Crippen molar-refractivity contribution in [2.75, 3.05) is 19.3 Å². The second-order valence-electron chi connectivity index (χ2n) is 5.07. The number of piperidine rings is 1. The summed E-state index contributed by atoms with van der Waals surface area (Å²) in [4.78, 5) is 2.36. The highest BCUT2D eigenvalue weighted by Crippen LogP contribution is 2.16. The first-order chi connectivity index (χ1) is 8.92. The van der Waals surface area contributed by atoms with Crippen LogP contribution in [0.4, 0.5) is 0 Å². The van der Waals surface area contributed by atoms with E-state index in [2.05, 4.69) is 37.7 Å². The lowest BCUT2D eigenvalue weighted by Crippen LogP contribution is -2.43. The van der Waals surface area contributed by atoms with Gasteiger partial charge in [0.1, 0.15) is 0 Å². The fourth-order valence-electron chi connectivity index (χ4n) is 2.36. The van der Waals surface area contributed by atoms with Crippen LogP contribution in [0.25, 0.3) is 0 Å². The maximum Gasteiger partial charge on any atom is 0.208 e. The minimum absolute atomic E-state index is 0.0937. The first-order valence-corrected chi connectivity index (χ1v) is 9.05. The van der Waals surface area contributed by atoms with Crippen molar-refractivity contribution in [2.24, 2.45) is 0 Å². The van der Waals surface area contributed by atoms with Crippen LogP contribution in [0.2, 0.25) is 0 Å². The van der Waals surface area contributed by atoms with Gasteiger partial charge < -0.3 is 0 Å². The van der Waals surface area contributed by atoms with Crippen molar-refractivity contribution in [3.8, 4) is 0 Å². The van der Waals surface area contributed by atoms with E-state index >= 15 is 0 Å². The van der Waals surface area contributed by atoms with Crippen molar-refractivity contribution < 1.29 is 8.42 Å². The summed E-state index contributed by atoms with van der Waals surface area (Å²) in [7, 11) is -3.08. The molecule has 2 rings (SSSR count). The Labute approximate surface area is 123 Å². The standard InChI is InChI=1S/C13H19BrN2O2S/c1-19(17,18)15-13-6-8-16(9-7-13)10-11-2-4-12(14)5-3-11/h2-5,13,15H,6-10H2,1H3. The van der Waals surface area contributed by atoms with E-state index in [0.29, 0.717) is 0 Å². The molecule has 0 amide bonds. The van der Waals surface area contributed by atoms with Gasteiger partial charge in [0, 0.05) is 30.1 Å². The van der Waals surface area contributed by atoms with Gasteiger partial charge in [0.25, 0.3) is 0 Å². The number of halogens is 1. The van der Waals surface area contributed by atoms with Crippen LogP contribution < -0.4 is 4.72 Å². The smallest absolute Gasteiger partial charge is 0.208 e. The molecule has 0 aliphatic carbocycles. The van der Waals surface area contributed by atoms with E-state index in [1.165, 1.54) is 11.8 Å². The molecule has 0 radical (unpaired) electrons. The zero-order valence-corrected chi connectivity index (χ0v) is 13.4. The van der Waals surface area contributed by atoms with Crippen molar-refractivity contribution in [3.63, 3.8) is 0 Å². The topological polar surface area (TPSA) is 49.4 Å². The minimum Gasteiger partial charge on any atom is -0.299 e. The molecule has 1 aromatic rings. The minimum atomic E-state index is -3.08. The zero-order valence-electron chi connectivity index (χ0n) is 11.0. The lowest BCUT2D eigenvalue weighted by molar-refractivity contribution is 0.200. The zero-order chi connectivity index (χ0) is 13.9. The fraction of sp³-hybridized carbons (Fsp3) is 0.538. The number of rotatable bonds is 4. The SMILES string of the molecule is CS(=O)(=O)NC1CCN(Cc2ccc(Br)cc2)CC1. The quantitative estimate of drug-likeness (QED) is 0.906. The van der Waals surface area contributed by atoms with Crippen molar-refractivity contribution in [1.82, 2.24) is 9.62 Å². The lowest BCUT2D eigenvalue weighted by atomic mass is 10.1. The van der Waals surface area contributed by atoms with Crippen LogP contribution >= 0.6 is 15.9 Å². The van der Waals surface area contributed by atoms with Gasteiger partial charge in [-0.15, -0.1) is 0 Å². The molecule has 106 valence electrons. The summed E-state index contributed by atoms with van der Waals surface area (Å²) < 4.78 is 26.1. The highest BCUT2D eigenvalue weighted by Gasteiger charge is 2.21. The molecule has 0 saturated carbocycles. The van der Waals surface area contributed by atoms with E-state index in [1.54, 1.807) is 0 Å². The van der Waals surface area contributed by atoms with Crippen LogP contribution in [0.1, 0.15) is 18.4 Å². The molecule has 19 heavy (non-hydrogen) atoms. The van der Waals surface area contributed by atoms with Gasteiger partial charge in [-0.25, -0.2) is 13.1 Å². The molecule has 1 fully saturated rings. The Hall–Kier alpha value is -0.430. The van der Waals surface area contributed by atoms with Gasteiger partial charge in [-0.2, -0.15) is 0 Å². The van der Waals surface area contributed by atoms with Crippen LogP contribution in [-0.4, -0.2) is 38.7 Å². The van der Waals surface area contributed by atoms with Crippen molar-refractivity contribution in [1.29, 1.82) is 0 Å².